The van der Waals surface area contributed by atoms with E-state index in [1.165, 1.54) is 19.3 Å². The van der Waals surface area contributed by atoms with Crippen LogP contribution in [0, 0.1) is 11.8 Å². The van der Waals surface area contributed by atoms with Crippen LogP contribution >= 0.6 is 0 Å². The van der Waals surface area contributed by atoms with Gasteiger partial charge in [-0.05, 0) is 30.7 Å². The van der Waals surface area contributed by atoms with E-state index in [4.69, 9.17) is 5.11 Å². The third-order valence-electron chi connectivity index (χ3n) is 3.15. The first-order valence-corrected chi connectivity index (χ1v) is 7.76. The molecule has 0 unspecified atom stereocenters. The summed E-state index contributed by atoms with van der Waals surface area (Å²) in [5.74, 6) is 5.90. The Morgan fingerprint density at radius 3 is 2.52 bits per heavy atom. The van der Waals surface area contributed by atoms with E-state index < -0.39 is 0 Å². The van der Waals surface area contributed by atoms with Crippen LogP contribution in [0.4, 0.5) is 5.69 Å². The van der Waals surface area contributed by atoms with Gasteiger partial charge in [0.1, 0.15) is 0 Å². The Kier molecular flexibility index (Phi) is 8.99. The number of nitrogens with one attached hydrogen (secondary N) is 1. The van der Waals surface area contributed by atoms with Crippen molar-refractivity contribution in [2.45, 2.75) is 51.9 Å². The lowest BCUT2D eigenvalue weighted by molar-refractivity contribution is -0.116. The van der Waals surface area contributed by atoms with Gasteiger partial charge < -0.3 is 10.4 Å². The number of aliphatic hydroxyl groups is 1. The minimum absolute atomic E-state index is 0.0746. The smallest absolute Gasteiger partial charge is 0.224 e. The molecule has 3 heteroatoms. The van der Waals surface area contributed by atoms with Gasteiger partial charge in [-0.2, -0.15) is 0 Å². The van der Waals surface area contributed by atoms with Crippen LogP contribution < -0.4 is 5.32 Å². The highest BCUT2D eigenvalue weighted by atomic mass is 16.2. The lowest BCUT2D eigenvalue weighted by atomic mass is 10.1. The Hall–Kier alpha value is -1.79. The molecule has 1 aromatic rings. The summed E-state index contributed by atoms with van der Waals surface area (Å²) in [6, 6.07) is 7.47. The first-order valence-electron chi connectivity index (χ1n) is 7.76. The summed E-state index contributed by atoms with van der Waals surface area (Å²) in [7, 11) is 0. The quantitative estimate of drug-likeness (QED) is 0.565. The van der Waals surface area contributed by atoms with Crippen LogP contribution in [0.2, 0.25) is 0 Å². The highest BCUT2D eigenvalue weighted by molar-refractivity contribution is 5.90. The van der Waals surface area contributed by atoms with E-state index in [1.54, 1.807) is 0 Å². The molecule has 2 N–H and O–H groups in total. The van der Waals surface area contributed by atoms with Crippen LogP contribution in [-0.2, 0) is 4.79 Å². The van der Waals surface area contributed by atoms with Gasteiger partial charge in [-0.3, -0.25) is 4.79 Å². The lowest BCUT2D eigenvalue weighted by Gasteiger charge is -2.05. The number of hydrogen-bond acceptors (Lipinski definition) is 2. The molecule has 21 heavy (non-hydrogen) atoms. The van der Waals surface area contributed by atoms with E-state index in [0.717, 1.165) is 24.1 Å². The Morgan fingerprint density at radius 1 is 1.14 bits per heavy atom. The first-order chi connectivity index (χ1) is 10.3. The SMILES string of the molecule is CCCCCCCC(=O)Nc1ccc(C#CCCO)cc1. The fourth-order valence-electron chi connectivity index (χ4n) is 1.97. The molecule has 0 radical (unpaired) electrons. The van der Waals surface area contributed by atoms with Crippen molar-refractivity contribution in [3.05, 3.63) is 29.8 Å². The number of hydrogen-bond donors (Lipinski definition) is 2. The van der Waals surface area contributed by atoms with Gasteiger partial charge in [0.05, 0.1) is 6.61 Å². The maximum atomic E-state index is 11.8. The molecule has 1 rings (SSSR count). The average molecular weight is 287 g/mol. The zero-order valence-corrected chi connectivity index (χ0v) is 12.8. The Morgan fingerprint density at radius 2 is 1.86 bits per heavy atom. The molecule has 1 amide bonds. The Balaban J connectivity index is 2.31. The van der Waals surface area contributed by atoms with Crippen molar-refractivity contribution in [3.63, 3.8) is 0 Å². The maximum absolute atomic E-state index is 11.8. The second-order valence-corrected chi connectivity index (χ2v) is 5.07. The molecule has 0 aromatic heterocycles. The van der Waals surface area contributed by atoms with Crippen LogP contribution in [-0.4, -0.2) is 17.6 Å². The monoisotopic (exact) mass is 287 g/mol. The molecular weight excluding hydrogens is 262 g/mol. The van der Waals surface area contributed by atoms with Crippen LogP contribution in [0.3, 0.4) is 0 Å². The van der Waals surface area contributed by atoms with Crippen molar-refractivity contribution >= 4 is 11.6 Å². The van der Waals surface area contributed by atoms with Gasteiger partial charge in [-0.25, -0.2) is 0 Å². The molecule has 0 spiro atoms. The predicted molar refractivity (Wildman–Crippen MR) is 87.0 cm³/mol. The van der Waals surface area contributed by atoms with Gasteiger partial charge >= 0.3 is 0 Å². The van der Waals surface area contributed by atoms with Gasteiger partial charge in [0.15, 0.2) is 0 Å². The number of anilines is 1. The highest BCUT2D eigenvalue weighted by Crippen LogP contribution is 2.11. The fourth-order valence-corrected chi connectivity index (χ4v) is 1.97. The third kappa shape index (κ3) is 8.16. The maximum Gasteiger partial charge on any atom is 0.224 e. The fraction of sp³-hybridized carbons (Fsp3) is 0.500. The van der Waals surface area contributed by atoms with Crippen LogP contribution in [0.5, 0.6) is 0 Å². The summed E-state index contributed by atoms with van der Waals surface area (Å²) in [5.41, 5.74) is 1.70. The first kappa shape index (κ1) is 17.3. The van der Waals surface area contributed by atoms with Crippen molar-refractivity contribution in [1.29, 1.82) is 0 Å². The second-order valence-electron chi connectivity index (χ2n) is 5.07. The molecule has 1 aromatic carbocycles. The molecule has 0 heterocycles. The van der Waals surface area contributed by atoms with Gasteiger partial charge in [0, 0.05) is 24.1 Å². The van der Waals surface area contributed by atoms with Crippen LogP contribution in [0.25, 0.3) is 0 Å². The summed E-state index contributed by atoms with van der Waals surface area (Å²) >= 11 is 0. The van der Waals surface area contributed by atoms with E-state index in [2.05, 4.69) is 24.1 Å². The van der Waals surface area contributed by atoms with Crippen molar-refractivity contribution in [2.75, 3.05) is 11.9 Å². The number of rotatable bonds is 8. The van der Waals surface area contributed by atoms with Crippen LogP contribution in [0.1, 0.15) is 57.4 Å². The van der Waals surface area contributed by atoms with E-state index in [-0.39, 0.29) is 12.5 Å². The average Bonchev–Trinajstić information content (AvgIpc) is 2.49. The normalized spacial score (nSPS) is 9.81. The van der Waals surface area contributed by atoms with Gasteiger partial charge in [-0.15, -0.1) is 0 Å². The van der Waals surface area contributed by atoms with Gasteiger partial charge in [-0.1, -0.05) is 44.4 Å². The largest absolute Gasteiger partial charge is 0.395 e. The lowest BCUT2D eigenvalue weighted by Crippen LogP contribution is -2.10. The number of carbonyl (C=O) groups is 1. The third-order valence-corrected chi connectivity index (χ3v) is 3.15. The van der Waals surface area contributed by atoms with Crippen molar-refractivity contribution in [3.8, 4) is 11.8 Å². The molecule has 0 fully saturated rings. The number of amides is 1. The molecule has 0 aliphatic rings. The zero-order chi connectivity index (χ0) is 15.3. The number of aliphatic hydroxyl groups excluding tert-OH is 1. The van der Waals surface area contributed by atoms with E-state index in [9.17, 15) is 4.79 Å². The molecule has 0 aliphatic heterocycles. The summed E-state index contributed by atoms with van der Waals surface area (Å²) in [5, 5.41) is 11.6. The molecule has 0 aliphatic carbocycles. The summed E-state index contributed by atoms with van der Waals surface area (Å²) in [4.78, 5) is 11.8. The highest BCUT2D eigenvalue weighted by Gasteiger charge is 2.02. The van der Waals surface area contributed by atoms with Crippen molar-refractivity contribution < 1.29 is 9.90 Å². The summed E-state index contributed by atoms with van der Waals surface area (Å²) in [6.45, 7) is 2.27. The number of unbranched alkanes of at least 4 members (excludes halogenated alkanes) is 4. The van der Waals surface area contributed by atoms with E-state index >= 15 is 0 Å². The molecule has 114 valence electrons. The molecule has 3 nitrogen and oxygen atoms in total. The van der Waals surface area contributed by atoms with E-state index in [1.807, 2.05) is 24.3 Å². The van der Waals surface area contributed by atoms with Gasteiger partial charge in [0.2, 0.25) is 5.91 Å². The van der Waals surface area contributed by atoms with Crippen molar-refractivity contribution in [1.82, 2.24) is 0 Å². The topological polar surface area (TPSA) is 49.3 Å². The minimum atomic E-state index is 0.0746. The molecule has 0 atom stereocenters. The molecular formula is C18H25NO2. The second kappa shape index (κ2) is 10.9. The Bertz CT molecular complexity index is 468. The molecule has 0 saturated heterocycles. The standard InChI is InChI=1S/C18H25NO2/c1-2-3-4-5-6-10-18(21)19-17-13-11-16(12-14-17)9-7-8-15-20/h11-14,20H,2-6,8,10,15H2,1H3,(H,19,21). The molecule has 0 bridgehead atoms. The van der Waals surface area contributed by atoms with Crippen molar-refractivity contribution in [2.24, 2.45) is 0 Å². The number of carbonyl (C=O) groups excluding carboxylic acids is 1. The van der Waals surface area contributed by atoms with Crippen LogP contribution in [0.15, 0.2) is 24.3 Å². The molecule has 0 saturated carbocycles. The summed E-state index contributed by atoms with van der Waals surface area (Å²) < 4.78 is 0. The van der Waals surface area contributed by atoms with E-state index in [0.29, 0.717) is 12.8 Å². The predicted octanol–water partition coefficient (Wildman–Crippen LogP) is 3.72. The summed E-state index contributed by atoms with van der Waals surface area (Å²) in [6.07, 6.45) is 6.83. The number of benzene rings is 1. The van der Waals surface area contributed by atoms with Gasteiger partial charge in [0.25, 0.3) is 0 Å². The minimum Gasteiger partial charge on any atom is -0.395 e. The Labute approximate surface area is 127 Å². The zero-order valence-electron chi connectivity index (χ0n) is 12.8.